The number of ether oxygens (including phenoxy) is 1. The van der Waals surface area contributed by atoms with Crippen molar-refractivity contribution in [3.05, 3.63) is 80.9 Å². The number of hydrogen-bond donors (Lipinski definition) is 2. The van der Waals surface area contributed by atoms with Crippen LogP contribution < -0.4 is 10.9 Å². The molecule has 32 heavy (non-hydrogen) atoms. The molecule has 0 spiro atoms. The number of pyridine rings is 1. The Morgan fingerprint density at radius 3 is 2.56 bits per heavy atom. The van der Waals surface area contributed by atoms with E-state index in [0.29, 0.717) is 43.5 Å². The predicted octanol–water partition coefficient (Wildman–Crippen LogP) is 4.59. The van der Waals surface area contributed by atoms with Gasteiger partial charge in [-0.1, -0.05) is 12.1 Å². The molecule has 0 atom stereocenters. The van der Waals surface area contributed by atoms with Gasteiger partial charge in [-0.25, -0.2) is 4.39 Å². The average Bonchev–Trinajstić information content (AvgIpc) is 2.76. The van der Waals surface area contributed by atoms with Crippen molar-refractivity contribution < 1.29 is 9.13 Å². The monoisotopic (exact) mass is 455 g/mol. The number of fused-ring (bicyclic) bond motifs is 1. The van der Waals surface area contributed by atoms with Gasteiger partial charge in [0.05, 0.1) is 6.54 Å². The van der Waals surface area contributed by atoms with Crippen molar-refractivity contribution in [2.45, 2.75) is 40.3 Å². The normalized spacial score (nSPS) is 11.0. The minimum atomic E-state index is -0.284. The van der Waals surface area contributed by atoms with Gasteiger partial charge < -0.3 is 19.9 Å². The van der Waals surface area contributed by atoms with E-state index in [9.17, 15) is 9.18 Å². The Morgan fingerprint density at radius 1 is 1.12 bits per heavy atom. The van der Waals surface area contributed by atoms with Gasteiger partial charge in [0.2, 0.25) is 0 Å². The van der Waals surface area contributed by atoms with E-state index in [1.807, 2.05) is 30.9 Å². The summed E-state index contributed by atoms with van der Waals surface area (Å²) in [6, 6.07) is 12.3. The first kappa shape index (κ1) is 23.9. The summed E-state index contributed by atoms with van der Waals surface area (Å²) in [6.07, 6.45) is 0.827. The third kappa shape index (κ3) is 6.37. The van der Waals surface area contributed by atoms with Crippen LogP contribution in [0.1, 0.15) is 35.6 Å². The fourth-order valence-corrected chi connectivity index (χ4v) is 3.71. The minimum Gasteiger partial charge on any atom is -0.382 e. The van der Waals surface area contributed by atoms with Crippen LogP contribution in [0.3, 0.4) is 0 Å². The molecule has 2 N–H and O–H groups in total. The van der Waals surface area contributed by atoms with E-state index in [1.165, 1.54) is 17.7 Å². The van der Waals surface area contributed by atoms with Crippen molar-refractivity contribution >= 4 is 28.2 Å². The Hall–Kier alpha value is -2.77. The molecule has 3 rings (SSSR count). The molecule has 0 saturated heterocycles. The van der Waals surface area contributed by atoms with Crippen LogP contribution in [0.5, 0.6) is 0 Å². The van der Waals surface area contributed by atoms with Crippen LogP contribution in [0.15, 0.2) is 47.3 Å². The topological polar surface area (TPSA) is 57.4 Å². The van der Waals surface area contributed by atoms with Crippen LogP contribution in [0.2, 0.25) is 0 Å². The van der Waals surface area contributed by atoms with Gasteiger partial charge in [0.1, 0.15) is 5.82 Å². The first-order valence-electron chi connectivity index (χ1n) is 10.9. The van der Waals surface area contributed by atoms with E-state index < -0.39 is 0 Å². The average molecular weight is 456 g/mol. The van der Waals surface area contributed by atoms with Gasteiger partial charge in [-0.05, 0) is 91.8 Å². The molecule has 0 aliphatic rings. The first-order valence-corrected chi connectivity index (χ1v) is 11.3. The number of aryl methyl sites for hydroxylation is 2. The zero-order valence-corrected chi connectivity index (χ0v) is 19.7. The summed E-state index contributed by atoms with van der Waals surface area (Å²) in [7, 11) is 0. The molecule has 0 fully saturated rings. The van der Waals surface area contributed by atoms with E-state index in [0.717, 1.165) is 28.5 Å². The fraction of sp³-hybridized carbons (Fsp3) is 0.360. The molecule has 2 aromatic carbocycles. The Bertz CT molecular complexity index is 1130. The zero-order valence-electron chi connectivity index (χ0n) is 18.8. The maximum Gasteiger partial charge on any atom is 0.253 e. The minimum absolute atomic E-state index is 0.135. The maximum atomic E-state index is 13.4. The van der Waals surface area contributed by atoms with Gasteiger partial charge in [-0.15, -0.1) is 0 Å². The highest BCUT2D eigenvalue weighted by Gasteiger charge is 2.14. The molecule has 5 nitrogen and oxygen atoms in total. The molecule has 0 bridgehead atoms. The van der Waals surface area contributed by atoms with E-state index in [1.54, 1.807) is 12.1 Å². The quantitative estimate of drug-likeness (QED) is 0.365. The van der Waals surface area contributed by atoms with Crippen LogP contribution in [-0.4, -0.2) is 34.8 Å². The SMILES string of the molecule is CCOCCCNC(=S)N(Cc1ccc(F)cc1)Cc1cc2cc(C)c(C)cc2[nH]c1=O. The number of H-pyrrole nitrogens is 1. The summed E-state index contributed by atoms with van der Waals surface area (Å²) in [6.45, 7) is 8.87. The van der Waals surface area contributed by atoms with Gasteiger partial charge >= 0.3 is 0 Å². The largest absolute Gasteiger partial charge is 0.382 e. The van der Waals surface area contributed by atoms with E-state index in [2.05, 4.69) is 23.3 Å². The van der Waals surface area contributed by atoms with E-state index in [4.69, 9.17) is 17.0 Å². The van der Waals surface area contributed by atoms with Gasteiger partial charge in [0, 0.05) is 37.4 Å². The van der Waals surface area contributed by atoms with Crippen LogP contribution in [0.25, 0.3) is 10.9 Å². The molecule has 7 heteroatoms. The second-order valence-electron chi connectivity index (χ2n) is 7.91. The Morgan fingerprint density at radius 2 is 1.84 bits per heavy atom. The van der Waals surface area contributed by atoms with Gasteiger partial charge in [-0.3, -0.25) is 4.79 Å². The molecule has 3 aromatic rings. The molecule has 0 radical (unpaired) electrons. The molecular weight excluding hydrogens is 425 g/mol. The Kier molecular flexibility index (Phi) is 8.36. The number of benzene rings is 2. The summed E-state index contributed by atoms with van der Waals surface area (Å²) in [5.41, 5.74) is 4.53. The van der Waals surface area contributed by atoms with Crippen LogP contribution >= 0.6 is 12.2 Å². The van der Waals surface area contributed by atoms with Crippen LogP contribution in [0, 0.1) is 19.7 Å². The van der Waals surface area contributed by atoms with Gasteiger partial charge in [-0.2, -0.15) is 0 Å². The fourth-order valence-electron chi connectivity index (χ4n) is 3.48. The summed E-state index contributed by atoms with van der Waals surface area (Å²) in [5, 5.41) is 4.79. The van der Waals surface area contributed by atoms with Gasteiger partial charge in [0.15, 0.2) is 5.11 Å². The van der Waals surface area contributed by atoms with Crippen molar-refractivity contribution in [1.82, 2.24) is 15.2 Å². The molecule has 0 aliphatic heterocycles. The standard InChI is InChI=1S/C25H30FN3O2S/c1-4-31-11-5-10-27-25(32)29(15-19-6-8-22(26)9-7-19)16-21-14-20-12-17(2)18(3)13-23(20)28-24(21)30/h6-9,12-14H,4-5,10-11,15-16H2,1-3H3,(H,27,32)(H,28,30). The summed E-state index contributed by atoms with van der Waals surface area (Å²) in [5.74, 6) is -0.284. The predicted molar refractivity (Wildman–Crippen MR) is 131 cm³/mol. The number of nitrogens with zero attached hydrogens (tertiary/aromatic N) is 1. The lowest BCUT2D eigenvalue weighted by Crippen LogP contribution is -2.40. The highest BCUT2D eigenvalue weighted by atomic mass is 32.1. The zero-order chi connectivity index (χ0) is 23.1. The molecule has 170 valence electrons. The highest BCUT2D eigenvalue weighted by Crippen LogP contribution is 2.18. The highest BCUT2D eigenvalue weighted by molar-refractivity contribution is 7.80. The summed E-state index contributed by atoms with van der Waals surface area (Å²) in [4.78, 5) is 17.7. The number of aromatic nitrogens is 1. The molecule has 1 heterocycles. The third-order valence-corrected chi connectivity index (χ3v) is 5.82. The molecule has 0 aliphatic carbocycles. The Balaban J connectivity index is 1.82. The Labute approximate surface area is 193 Å². The van der Waals surface area contributed by atoms with Gasteiger partial charge in [0.25, 0.3) is 5.56 Å². The lowest BCUT2D eigenvalue weighted by atomic mass is 10.0. The third-order valence-electron chi connectivity index (χ3n) is 5.42. The number of nitrogens with one attached hydrogen (secondary N) is 2. The molecular formula is C25H30FN3O2S. The van der Waals surface area contributed by atoms with E-state index >= 15 is 0 Å². The van der Waals surface area contributed by atoms with Crippen molar-refractivity contribution in [1.29, 1.82) is 0 Å². The molecule has 0 saturated carbocycles. The van der Waals surface area contributed by atoms with Crippen LogP contribution in [-0.2, 0) is 17.8 Å². The number of hydrogen-bond acceptors (Lipinski definition) is 3. The number of rotatable bonds is 9. The summed E-state index contributed by atoms with van der Waals surface area (Å²) >= 11 is 5.64. The molecule has 0 amide bonds. The first-order chi connectivity index (χ1) is 15.4. The van der Waals surface area contributed by atoms with Crippen molar-refractivity contribution in [2.24, 2.45) is 0 Å². The van der Waals surface area contributed by atoms with Crippen molar-refractivity contribution in [3.8, 4) is 0 Å². The summed E-state index contributed by atoms with van der Waals surface area (Å²) < 4.78 is 18.7. The van der Waals surface area contributed by atoms with Crippen molar-refractivity contribution in [2.75, 3.05) is 19.8 Å². The lowest BCUT2D eigenvalue weighted by molar-refractivity contribution is 0.145. The number of thiocarbonyl (C=S) groups is 1. The number of halogens is 1. The smallest absolute Gasteiger partial charge is 0.253 e. The second-order valence-corrected chi connectivity index (χ2v) is 8.30. The second kappa shape index (κ2) is 11.2. The number of aromatic amines is 1. The molecule has 1 aromatic heterocycles. The molecule has 0 unspecified atom stereocenters. The van der Waals surface area contributed by atoms with E-state index in [-0.39, 0.29) is 11.4 Å². The lowest BCUT2D eigenvalue weighted by Gasteiger charge is -2.26. The van der Waals surface area contributed by atoms with Crippen molar-refractivity contribution in [3.63, 3.8) is 0 Å². The maximum absolute atomic E-state index is 13.4. The van der Waals surface area contributed by atoms with Crippen LogP contribution in [0.4, 0.5) is 4.39 Å².